The van der Waals surface area contributed by atoms with Gasteiger partial charge in [0.15, 0.2) is 5.78 Å². The van der Waals surface area contributed by atoms with Gasteiger partial charge in [-0.25, -0.2) is 0 Å². The third-order valence-electron chi connectivity index (χ3n) is 2.74. The van der Waals surface area contributed by atoms with Crippen molar-refractivity contribution in [3.8, 4) is 0 Å². The zero-order valence-corrected chi connectivity index (χ0v) is 11.7. The minimum absolute atomic E-state index is 0.0903. The summed E-state index contributed by atoms with van der Waals surface area (Å²) in [5, 5.41) is 0. The molecular formula is C15H14BrNO. The summed E-state index contributed by atoms with van der Waals surface area (Å²) in [4.78, 5) is 12.2. The van der Waals surface area contributed by atoms with Gasteiger partial charge in [-0.3, -0.25) is 4.79 Å². The number of halogens is 1. The van der Waals surface area contributed by atoms with Crippen molar-refractivity contribution in [3.05, 3.63) is 63.6 Å². The van der Waals surface area contributed by atoms with Gasteiger partial charge in [0.1, 0.15) is 0 Å². The first-order chi connectivity index (χ1) is 8.56. The number of carbonyl (C=O) groups is 1. The van der Waals surface area contributed by atoms with Gasteiger partial charge in [-0.15, -0.1) is 0 Å². The van der Waals surface area contributed by atoms with E-state index in [1.54, 1.807) is 18.2 Å². The molecule has 0 fully saturated rings. The van der Waals surface area contributed by atoms with Crippen molar-refractivity contribution < 1.29 is 4.79 Å². The lowest BCUT2D eigenvalue weighted by Crippen LogP contribution is -2.05. The normalized spacial score (nSPS) is 10.3. The molecule has 2 nitrogen and oxygen atoms in total. The zero-order chi connectivity index (χ0) is 13.1. The molecule has 0 aliphatic carbocycles. The van der Waals surface area contributed by atoms with Gasteiger partial charge in [0.2, 0.25) is 0 Å². The highest BCUT2D eigenvalue weighted by Crippen LogP contribution is 2.21. The van der Waals surface area contributed by atoms with Gasteiger partial charge in [-0.05, 0) is 46.6 Å². The Labute approximate surface area is 115 Å². The molecule has 0 unspecified atom stereocenters. The Hall–Kier alpha value is -1.61. The van der Waals surface area contributed by atoms with E-state index >= 15 is 0 Å². The summed E-state index contributed by atoms with van der Waals surface area (Å²) in [5.74, 6) is 0.0903. The van der Waals surface area contributed by atoms with Gasteiger partial charge in [0.05, 0.1) is 0 Å². The van der Waals surface area contributed by atoms with Gasteiger partial charge >= 0.3 is 0 Å². The predicted octanol–water partition coefficient (Wildman–Crippen LogP) is 3.77. The van der Waals surface area contributed by atoms with E-state index in [9.17, 15) is 4.79 Å². The molecule has 0 radical (unpaired) electrons. The Morgan fingerprint density at radius 3 is 2.67 bits per heavy atom. The highest BCUT2D eigenvalue weighted by molar-refractivity contribution is 9.10. The predicted molar refractivity (Wildman–Crippen MR) is 77.8 cm³/mol. The van der Waals surface area contributed by atoms with Crippen LogP contribution in [0.25, 0.3) is 0 Å². The molecule has 0 heterocycles. The second kappa shape index (κ2) is 5.36. The Morgan fingerprint density at radius 1 is 1.22 bits per heavy atom. The molecule has 0 aliphatic rings. The topological polar surface area (TPSA) is 43.1 Å². The summed E-state index contributed by atoms with van der Waals surface area (Å²) in [5.41, 5.74) is 9.17. The number of carbonyl (C=O) groups excluding carboxylic acids is 1. The van der Waals surface area contributed by atoms with Crippen molar-refractivity contribution in [3.63, 3.8) is 0 Å². The van der Waals surface area contributed by atoms with E-state index in [1.807, 2.05) is 31.2 Å². The molecule has 92 valence electrons. The summed E-state index contributed by atoms with van der Waals surface area (Å²) < 4.78 is 0.750. The van der Waals surface area contributed by atoms with E-state index in [0.717, 1.165) is 15.6 Å². The third kappa shape index (κ3) is 2.99. The molecule has 2 aromatic rings. The van der Waals surface area contributed by atoms with Crippen LogP contribution in [-0.2, 0) is 6.42 Å². The van der Waals surface area contributed by atoms with Crippen LogP contribution in [0.15, 0.2) is 46.9 Å². The fourth-order valence-corrected chi connectivity index (χ4v) is 2.48. The van der Waals surface area contributed by atoms with Crippen LogP contribution in [0.5, 0.6) is 0 Å². The average Bonchev–Trinajstić information content (AvgIpc) is 2.28. The number of nitrogens with two attached hydrogens (primary N) is 1. The third-order valence-corrected chi connectivity index (χ3v) is 3.40. The summed E-state index contributed by atoms with van der Waals surface area (Å²) >= 11 is 3.37. The van der Waals surface area contributed by atoms with E-state index in [0.29, 0.717) is 17.7 Å². The van der Waals surface area contributed by atoms with Crippen molar-refractivity contribution in [2.45, 2.75) is 13.3 Å². The monoisotopic (exact) mass is 303 g/mol. The quantitative estimate of drug-likeness (QED) is 0.693. The number of hydrogen-bond acceptors (Lipinski definition) is 2. The summed E-state index contributed by atoms with van der Waals surface area (Å²) in [7, 11) is 0. The van der Waals surface area contributed by atoms with Crippen molar-refractivity contribution in [1.29, 1.82) is 0 Å². The second-order valence-electron chi connectivity index (χ2n) is 4.33. The molecule has 2 rings (SSSR count). The van der Waals surface area contributed by atoms with Crippen LogP contribution in [0, 0.1) is 6.92 Å². The molecule has 3 heteroatoms. The van der Waals surface area contributed by atoms with Crippen LogP contribution in [0.1, 0.15) is 21.5 Å². The lowest BCUT2D eigenvalue weighted by Gasteiger charge is -2.05. The Bertz CT molecular complexity index is 593. The lowest BCUT2D eigenvalue weighted by atomic mass is 10.0. The van der Waals surface area contributed by atoms with Crippen LogP contribution >= 0.6 is 15.9 Å². The molecule has 18 heavy (non-hydrogen) atoms. The summed E-state index contributed by atoms with van der Waals surface area (Å²) in [6.45, 7) is 2.02. The average molecular weight is 304 g/mol. The van der Waals surface area contributed by atoms with Gasteiger partial charge in [-0.1, -0.05) is 29.8 Å². The second-order valence-corrected chi connectivity index (χ2v) is 5.18. The van der Waals surface area contributed by atoms with Crippen molar-refractivity contribution in [2.75, 3.05) is 5.73 Å². The largest absolute Gasteiger partial charge is 0.399 e. The number of aryl methyl sites for hydroxylation is 1. The maximum Gasteiger partial charge on any atom is 0.168 e. The molecule has 0 spiro atoms. The first kappa shape index (κ1) is 12.8. The molecule has 2 aromatic carbocycles. The van der Waals surface area contributed by atoms with E-state index < -0.39 is 0 Å². The highest BCUT2D eigenvalue weighted by Gasteiger charge is 2.11. The molecule has 0 amide bonds. The molecule has 0 saturated carbocycles. The van der Waals surface area contributed by atoms with Crippen molar-refractivity contribution in [1.82, 2.24) is 0 Å². The van der Waals surface area contributed by atoms with Crippen molar-refractivity contribution >= 4 is 27.4 Å². The summed E-state index contributed by atoms with van der Waals surface area (Å²) in [6, 6.07) is 13.2. The molecule has 0 aliphatic heterocycles. The number of rotatable bonds is 3. The van der Waals surface area contributed by atoms with E-state index in [2.05, 4.69) is 15.9 Å². The van der Waals surface area contributed by atoms with Gasteiger partial charge in [-0.2, -0.15) is 0 Å². The SMILES string of the molecule is Cc1cccc(CC(=O)c2ccc(N)cc2Br)c1. The summed E-state index contributed by atoms with van der Waals surface area (Å²) in [6.07, 6.45) is 0.407. The maximum atomic E-state index is 12.2. The molecule has 0 aromatic heterocycles. The van der Waals surface area contributed by atoms with E-state index in [4.69, 9.17) is 5.73 Å². The van der Waals surface area contributed by atoms with Gasteiger partial charge in [0.25, 0.3) is 0 Å². The zero-order valence-electron chi connectivity index (χ0n) is 10.1. The molecule has 2 N–H and O–H groups in total. The van der Waals surface area contributed by atoms with Crippen molar-refractivity contribution in [2.24, 2.45) is 0 Å². The molecular weight excluding hydrogens is 290 g/mol. The van der Waals surface area contributed by atoms with Gasteiger partial charge < -0.3 is 5.73 Å². The number of hydrogen-bond donors (Lipinski definition) is 1. The van der Waals surface area contributed by atoms with E-state index in [-0.39, 0.29) is 5.78 Å². The molecule has 0 atom stereocenters. The highest BCUT2D eigenvalue weighted by atomic mass is 79.9. The van der Waals surface area contributed by atoms with Gasteiger partial charge in [0, 0.05) is 22.1 Å². The fourth-order valence-electron chi connectivity index (χ4n) is 1.86. The number of ketones is 1. The maximum absolute atomic E-state index is 12.2. The number of nitrogen functional groups attached to an aromatic ring is 1. The Morgan fingerprint density at radius 2 is 2.00 bits per heavy atom. The first-order valence-electron chi connectivity index (χ1n) is 5.70. The van der Waals surface area contributed by atoms with Crippen LogP contribution in [0.2, 0.25) is 0 Å². The van der Waals surface area contributed by atoms with Crippen LogP contribution in [0.4, 0.5) is 5.69 Å². The minimum Gasteiger partial charge on any atom is -0.399 e. The minimum atomic E-state index is 0.0903. The first-order valence-corrected chi connectivity index (χ1v) is 6.49. The molecule has 0 saturated heterocycles. The van der Waals surface area contributed by atoms with Crippen LogP contribution in [-0.4, -0.2) is 5.78 Å². The Kier molecular flexibility index (Phi) is 3.82. The fraction of sp³-hybridized carbons (Fsp3) is 0.133. The number of Topliss-reactive ketones (excluding diaryl/α,β-unsaturated/α-hetero) is 1. The molecule has 0 bridgehead atoms. The van der Waals surface area contributed by atoms with E-state index in [1.165, 1.54) is 0 Å². The Balaban J connectivity index is 2.22. The number of benzene rings is 2. The lowest BCUT2D eigenvalue weighted by molar-refractivity contribution is 0.0992. The van der Waals surface area contributed by atoms with Crippen LogP contribution < -0.4 is 5.73 Å². The smallest absolute Gasteiger partial charge is 0.168 e. The number of anilines is 1. The standard InChI is InChI=1S/C15H14BrNO/c1-10-3-2-4-11(7-10)8-15(18)13-6-5-12(17)9-14(13)16/h2-7,9H,8,17H2,1H3. The van der Waals surface area contributed by atoms with Crippen LogP contribution in [0.3, 0.4) is 0 Å².